The number of rotatable bonds is 5. The lowest BCUT2D eigenvalue weighted by Crippen LogP contribution is -2.48. The Morgan fingerprint density at radius 3 is 2.92 bits per heavy atom. The van der Waals surface area contributed by atoms with Gasteiger partial charge in [-0.25, -0.2) is 8.84 Å². The molecule has 130 valence electrons. The highest BCUT2D eigenvalue weighted by molar-refractivity contribution is 14.2. The van der Waals surface area contributed by atoms with Crippen LogP contribution in [-0.2, 0) is 11.3 Å². The highest BCUT2D eigenvalue weighted by Crippen LogP contribution is 2.34. The molecule has 1 aliphatic rings. The molecule has 4 heterocycles. The molecule has 9 nitrogen and oxygen atoms in total. The zero-order valence-electron chi connectivity index (χ0n) is 12.6. The Hall–Kier alpha value is -1.72. The van der Waals surface area contributed by atoms with E-state index in [0.29, 0.717) is 11.2 Å². The summed E-state index contributed by atoms with van der Waals surface area (Å²) in [5, 5.41) is 20.4. The van der Waals surface area contributed by atoms with E-state index in [1.165, 1.54) is 15.3 Å². The van der Waals surface area contributed by atoms with Crippen LogP contribution in [0.25, 0.3) is 22.3 Å². The Morgan fingerprint density at radius 1 is 1.48 bits per heavy atom. The van der Waals surface area contributed by atoms with Crippen LogP contribution >= 0.6 is 28.4 Å². The minimum absolute atomic E-state index is 0.0404. The SMILES string of the molecule is O=[N+]([O-])c1cn(PI)nc1-c1cc2c(cn1)cnn2CC1(F)COC1. The van der Waals surface area contributed by atoms with Gasteiger partial charge in [0.25, 0.3) is 0 Å². The molecular formula is C13H11FIN6O3P. The van der Waals surface area contributed by atoms with Gasteiger partial charge in [0.2, 0.25) is 0 Å². The van der Waals surface area contributed by atoms with E-state index in [1.54, 1.807) is 18.5 Å². The molecule has 0 amide bonds. The summed E-state index contributed by atoms with van der Waals surface area (Å²) < 4.78 is 22.3. The molecule has 0 spiro atoms. The van der Waals surface area contributed by atoms with Crippen LogP contribution in [0.1, 0.15) is 0 Å². The second-order valence-corrected chi connectivity index (χ2v) is 7.80. The highest BCUT2D eigenvalue weighted by atomic mass is 127. The fourth-order valence-electron chi connectivity index (χ4n) is 2.64. The van der Waals surface area contributed by atoms with Crippen molar-refractivity contribution >= 4 is 45.0 Å². The van der Waals surface area contributed by atoms with E-state index in [2.05, 4.69) is 37.2 Å². The van der Waals surface area contributed by atoms with Gasteiger partial charge in [-0.2, -0.15) is 10.2 Å². The lowest BCUT2D eigenvalue weighted by Gasteiger charge is -2.33. The maximum absolute atomic E-state index is 14.3. The Bertz CT molecular complexity index is 972. The summed E-state index contributed by atoms with van der Waals surface area (Å²) in [5.74, 6) is 0. The summed E-state index contributed by atoms with van der Waals surface area (Å²) >= 11 is 2.09. The second kappa shape index (κ2) is 6.22. The number of nitrogens with zero attached hydrogens (tertiary/aromatic N) is 6. The van der Waals surface area contributed by atoms with Gasteiger partial charge in [0.05, 0.1) is 48.5 Å². The van der Waals surface area contributed by atoms with Gasteiger partial charge >= 0.3 is 5.69 Å². The Labute approximate surface area is 155 Å². The first-order chi connectivity index (χ1) is 12.0. The third kappa shape index (κ3) is 3.00. The van der Waals surface area contributed by atoms with Crippen molar-refractivity contribution in [2.45, 2.75) is 12.2 Å². The summed E-state index contributed by atoms with van der Waals surface area (Å²) in [6.45, 7) is 0.142. The molecule has 0 radical (unpaired) electrons. The van der Waals surface area contributed by atoms with Gasteiger partial charge in [-0.05, 0) is 28.1 Å². The smallest absolute Gasteiger partial charge is 0.316 e. The largest absolute Gasteiger partial charge is 0.374 e. The van der Waals surface area contributed by atoms with Crippen molar-refractivity contribution in [3.05, 3.63) is 34.8 Å². The van der Waals surface area contributed by atoms with Gasteiger partial charge in [-0.1, -0.05) is 0 Å². The Balaban J connectivity index is 1.78. The van der Waals surface area contributed by atoms with E-state index in [-0.39, 0.29) is 37.5 Å². The number of nitro groups is 1. The molecule has 1 fully saturated rings. The number of pyridine rings is 1. The van der Waals surface area contributed by atoms with E-state index >= 15 is 0 Å². The predicted molar refractivity (Wildman–Crippen MR) is 97.8 cm³/mol. The molecule has 12 heteroatoms. The molecule has 4 rings (SSSR count). The number of hydrogen-bond donors (Lipinski definition) is 0. The van der Waals surface area contributed by atoms with Crippen molar-refractivity contribution in [1.82, 2.24) is 24.3 Å². The number of alkyl halides is 1. The van der Waals surface area contributed by atoms with Crippen LogP contribution in [0.4, 0.5) is 10.1 Å². The van der Waals surface area contributed by atoms with Gasteiger partial charge in [0.1, 0.15) is 6.20 Å². The van der Waals surface area contributed by atoms with Crippen molar-refractivity contribution < 1.29 is 14.1 Å². The van der Waals surface area contributed by atoms with Crippen molar-refractivity contribution in [3.63, 3.8) is 0 Å². The number of halogens is 2. The third-order valence-electron chi connectivity index (χ3n) is 3.90. The van der Waals surface area contributed by atoms with Crippen LogP contribution in [0.3, 0.4) is 0 Å². The zero-order chi connectivity index (χ0) is 17.6. The van der Waals surface area contributed by atoms with Crippen molar-refractivity contribution in [1.29, 1.82) is 0 Å². The standard InChI is InChI=1S/C13H11FIN6O3P/c14-13(6-24-7-13)5-19-10-1-9(16-2-8(10)3-17-19)12-11(21(22)23)4-20(18-12)25-15/h1-4,25H,5-7H2. The number of hydrogen-bond acceptors (Lipinski definition) is 6. The summed E-state index contributed by atoms with van der Waals surface area (Å²) in [7, 11) is 0. The molecule has 0 N–H and O–H groups in total. The number of ether oxygens (including phenoxy) is 1. The molecule has 0 aliphatic carbocycles. The first-order valence-corrected chi connectivity index (χ1v) is 11.2. The van der Waals surface area contributed by atoms with Crippen LogP contribution in [0.5, 0.6) is 0 Å². The average molecular weight is 476 g/mol. The Kier molecular flexibility index (Phi) is 4.16. The van der Waals surface area contributed by atoms with Crippen LogP contribution in [-0.4, -0.2) is 48.1 Å². The first kappa shape index (κ1) is 16.7. The van der Waals surface area contributed by atoms with Crippen LogP contribution in [0, 0.1) is 10.1 Å². The predicted octanol–water partition coefficient (Wildman–Crippen LogP) is 2.73. The van der Waals surface area contributed by atoms with Crippen molar-refractivity contribution in [2.24, 2.45) is 0 Å². The fourth-order valence-corrected chi connectivity index (χ4v) is 3.69. The van der Waals surface area contributed by atoms with Gasteiger partial charge < -0.3 is 4.74 Å². The molecule has 0 aromatic carbocycles. The third-order valence-corrected chi connectivity index (χ3v) is 5.79. The topological polar surface area (TPSA) is 101 Å². The lowest BCUT2D eigenvalue weighted by molar-refractivity contribution is -0.384. The molecular weight excluding hydrogens is 465 g/mol. The minimum atomic E-state index is -1.43. The normalized spacial score (nSPS) is 16.6. The summed E-state index contributed by atoms with van der Waals surface area (Å²) in [4.78, 5) is 15.1. The maximum atomic E-state index is 14.3. The molecule has 1 unspecified atom stereocenters. The maximum Gasteiger partial charge on any atom is 0.316 e. The molecule has 25 heavy (non-hydrogen) atoms. The molecule has 1 atom stereocenters. The highest BCUT2D eigenvalue weighted by Gasteiger charge is 2.39. The summed E-state index contributed by atoms with van der Waals surface area (Å²) in [5.41, 5.74) is -0.359. The van der Waals surface area contributed by atoms with Crippen molar-refractivity contribution in [3.8, 4) is 11.4 Å². The van der Waals surface area contributed by atoms with Crippen molar-refractivity contribution in [2.75, 3.05) is 13.2 Å². The van der Waals surface area contributed by atoms with Crippen LogP contribution in [0.15, 0.2) is 24.7 Å². The van der Waals surface area contributed by atoms with E-state index in [0.717, 1.165) is 5.39 Å². The van der Waals surface area contributed by atoms with E-state index in [1.807, 2.05) is 0 Å². The first-order valence-electron chi connectivity index (χ1n) is 7.18. The average Bonchev–Trinajstić information content (AvgIpc) is 3.17. The molecule has 3 aromatic heterocycles. The van der Waals surface area contributed by atoms with E-state index in [9.17, 15) is 14.5 Å². The second-order valence-electron chi connectivity index (χ2n) is 5.72. The molecule has 0 saturated carbocycles. The number of fused-ring (bicyclic) bond motifs is 1. The van der Waals surface area contributed by atoms with E-state index in [4.69, 9.17) is 4.74 Å². The van der Waals surface area contributed by atoms with Gasteiger partial charge in [0, 0.05) is 11.6 Å². The quantitative estimate of drug-likeness (QED) is 0.243. The fraction of sp³-hybridized carbons (Fsp3) is 0.308. The molecule has 1 saturated heterocycles. The molecule has 3 aromatic rings. The summed E-state index contributed by atoms with van der Waals surface area (Å²) in [6.07, 6.45) is 4.77. The van der Waals surface area contributed by atoms with Gasteiger partial charge in [-0.15, -0.1) is 0 Å². The van der Waals surface area contributed by atoms with Crippen LogP contribution in [0.2, 0.25) is 0 Å². The zero-order valence-corrected chi connectivity index (χ0v) is 15.8. The molecule has 0 bridgehead atoms. The molecule has 1 aliphatic heterocycles. The summed E-state index contributed by atoms with van der Waals surface area (Å²) in [6, 6.07) is 1.65. The lowest BCUT2D eigenvalue weighted by atomic mass is 10.1. The van der Waals surface area contributed by atoms with Gasteiger partial charge in [0.15, 0.2) is 11.4 Å². The Morgan fingerprint density at radius 2 is 2.28 bits per heavy atom. The van der Waals surface area contributed by atoms with E-state index < -0.39 is 10.6 Å². The minimum Gasteiger partial charge on any atom is -0.374 e. The monoisotopic (exact) mass is 476 g/mol. The van der Waals surface area contributed by atoms with Gasteiger partial charge in [-0.3, -0.25) is 19.8 Å². The number of aromatic nitrogens is 5. The van der Waals surface area contributed by atoms with Crippen LogP contribution < -0.4 is 0 Å².